The molecule has 0 aliphatic rings. The van der Waals surface area contributed by atoms with Gasteiger partial charge in [0.05, 0.1) is 18.2 Å². The molecule has 0 radical (unpaired) electrons. The number of benzene rings is 2. The van der Waals surface area contributed by atoms with E-state index in [0.717, 1.165) is 25.4 Å². The molecule has 1 unspecified atom stereocenters. The van der Waals surface area contributed by atoms with Crippen molar-refractivity contribution in [2.75, 3.05) is 0 Å². The minimum absolute atomic E-state index is 0.0288. The Kier molecular flexibility index (Phi) is 7.70. The summed E-state index contributed by atoms with van der Waals surface area (Å²) < 4.78 is 15.9. The third-order valence-electron chi connectivity index (χ3n) is 3.39. The highest BCUT2D eigenvalue weighted by molar-refractivity contribution is 9.10. The van der Waals surface area contributed by atoms with Gasteiger partial charge in [-0.3, -0.25) is 0 Å². The van der Waals surface area contributed by atoms with Gasteiger partial charge in [0.15, 0.2) is 0 Å². The minimum atomic E-state index is -1.17. The number of hydrogen-bond donors (Lipinski definition) is 2. The Morgan fingerprint density at radius 3 is 2.56 bits per heavy atom. The van der Waals surface area contributed by atoms with Crippen LogP contribution in [0.4, 0.5) is 0 Å². The summed E-state index contributed by atoms with van der Waals surface area (Å²) in [5, 5.41) is 10.2. The van der Waals surface area contributed by atoms with Gasteiger partial charge in [0, 0.05) is 25.6 Å². The van der Waals surface area contributed by atoms with Crippen molar-refractivity contribution in [3.63, 3.8) is 0 Å². The van der Waals surface area contributed by atoms with Crippen molar-refractivity contribution >= 4 is 50.7 Å². The number of nitrogens with one attached hydrogen (secondary N) is 1. The average molecular weight is 463 g/mol. The monoisotopic (exact) mass is 461 g/mol. The molecule has 25 heavy (non-hydrogen) atoms. The first kappa shape index (κ1) is 21.1. The van der Waals surface area contributed by atoms with E-state index in [9.17, 15) is 9.66 Å². The zero-order valence-corrected chi connectivity index (χ0v) is 18.3. The number of aliphatic hydroxyl groups excluding tert-OH is 1. The van der Waals surface area contributed by atoms with Crippen LogP contribution in [0.15, 0.2) is 50.7 Å². The predicted molar refractivity (Wildman–Crippen MR) is 110 cm³/mol. The minimum Gasteiger partial charge on any atom is -0.598 e. The van der Waals surface area contributed by atoms with Crippen LogP contribution in [-0.4, -0.2) is 14.4 Å². The van der Waals surface area contributed by atoms with Crippen LogP contribution in [0.2, 0.25) is 5.02 Å². The maximum absolute atomic E-state index is 12.3. The summed E-state index contributed by atoms with van der Waals surface area (Å²) in [4.78, 5) is 1.84. The molecule has 2 aromatic carbocycles. The Balaban J connectivity index is 2.31. The standard InChI is InChI=1S/C18H21BrClNO2S2/c1-18(2,3)25(23)21-10-13-8-14(19)9-15(20)17(13)24-16-7-5-4-6-12(16)11-22/h4-9,21-22H,10-11H2,1-3H3. The van der Waals surface area contributed by atoms with Crippen LogP contribution in [0.25, 0.3) is 0 Å². The van der Waals surface area contributed by atoms with E-state index >= 15 is 0 Å². The topological polar surface area (TPSA) is 55.3 Å². The summed E-state index contributed by atoms with van der Waals surface area (Å²) in [7, 11) is 0. The molecule has 2 aromatic rings. The molecule has 0 heterocycles. The lowest BCUT2D eigenvalue weighted by atomic mass is 10.2. The van der Waals surface area contributed by atoms with Gasteiger partial charge in [0.1, 0.15) is 4.75 Å². The van der Waals surface area contributed by atoms with Gasteiger partial charge in [-0.25, -0.2) is 0 Å². The zero-order chi connectivity index (χ0) is 18.6. The molecule has 1 atom stereocenters. The van der Waals surface area contributed by atoms with Crippen molar-refractivity contribution < 1.29 is 9.66 Å². The van der Waals surface area contributed by atoms with Gasteiger partial charge >= 0.3 is 0 Å². The molecule has 2 N–H and O–H groups in total. The Bertz CT molecular complexity index is 738. The molecule has 0 saturated carbocycles. The van der Waals surface area contributed by atoms with Crippen molar-refractivity contribution in [2.24, 2.45) is 0 Å². The maximum atomic E-state index is 12.3. The zero-order valence-electron chi connectivity index (χ0n) is 14.3. The smallest absolute Gasteiger partial charge is 0.136 e. The quantitative estimate of drug-likeness (QED) is 0.572. The average Bonchev–Trinajstić information content (AvgIpc) is 2.54. The fourth-order valence-corrected chi connectivity index (χ4v) is 4.82. The van der Waals surface area contributed by atoms with Crippen molar-refractivity contribution in [2.45, 2.75) is 48.5 Å². The Morgan fingerprint density at radius 2 is 1.92 bits per heavy atom. The van der Waals surface area contributed by atoms with Crippen molar-refractivity contribution in [1.29, 1.82) is 0 Å². The first-order chi connectivity index (χ1) is 11.7. The molecular weight excluding hydrogens is 442 g/mol. The molecule has 0 aliphatic carbocycles. The molecule has 0 fully saturated rings. The van der Waals surface area contributed by atoms with E-state index in [-0.39, 0.29) is 11.4 Å². The highest BCUT2D eigenvalue weighted by Gasteiger charge is 2.26. The van der Waals surface area contributed by atoms with Crippen LogP contribution in [0.1, 0.15) is 31.9 Å². The summed E-state index contributed by atoms with van der Waals surface area (Å²) in [5.74, 6) is 0. The lowest BCUT2D eigenvalue weighted by Gasteiger charge is -2.24. The van der Waals surface area contributed by atoms with Gasteiger partial charge in [-0.1, -0.05) is 57.5 Å². The van der Waals surface area contributed by atoms with Crippen molar-refractivity contribution in [3.05, 3.63) is 57.0 Å². The molecule has 7 heteroatoms. The molecule has 0 spiro atoms. The Morgan fingerprint density at radius 1 is 1.24 bits per heavy atom. The second-order valence-electron chi connectivity index (χ2n) is 6.45. The number of rotatable bonds is 6. The fraction of sp³-hybridized carbons (Fsp3) is 0.333. The summed E-state index contributed by atoms with van der Waals surface area (Å²) in [5.41, 5.74) is 1.80. The van der Waals surface area contributed by atoms with Gasteiger partial charge in [-0.05, 0) is 50.1 Å². The summed E-state index contributed by atoms with van der Waals surface area (Å²) in [6.07, 6.45) is 0. The van der Waals surface area contributed by atoms with E-state index in [4.69, 9.17) is 11.6 Å². The summed E-state index contributed by atoms with van der Waals surface area (Å²) in [6.45, 7) is 6.19. The van der Waals surface area contributed by atoms with Gasteiger partial charge < -0.3 is 9.66 Å². The fourth-order valence-electron chi connectivity index (χ4n) is 2.06. The normalized spacial score (nSPS) is 13.1. The highest BCUT2D eigenvalue weighted by Crippen LogP contribution is 2.39. The lowest BCUT2D eigenvalue weighted by molar-refractivity contribution is 0.279. The van der Waals surface area contributed by atoms with Gasteiger partial charge in [-0.15, -0.1) is 4.72 Å². The SMILES string of the molecule is CC(C)(C)[S+]([O-])NCc1cc(Br)cc(Cl)c1Sc1ccccc1CO. The van der Waals surface area contributed by atoms with Crippen LogP contribution < -0.4 is 4.72 Å². The molecular formula is C18H21BrClNO2S2. The van der Waals surface area contributed by atoms with Gasteiger partial charge in [0.25, 0.3) is 0 Å². The van der Waals surface area contributed by atoms with E-state index in [2.05, 4.69) is 20.7 Å². The van der Waals surface area contributed by atoms with Crippen LogP contribution in [0, 0.1) is 0 Å². The van der Waals surface area contributed by atoms with E-state index in [1.807, 2.05) is 57.2 Å². The van der Waals surface area contributed by atoms with E-state index < -0.39 is 11.4 Å². The van der Waals surface area contributed by atoms with Gasteiger partial charge in [0.2, 0.25) is 0 Å². The maximum Gasteiger partial charge on any atom is 0.136 e. The lowest BCUT2D eigenvalue weighted by Crippen LogP contribution is -2.39. The molecule has 136 valence electrons. The van der Waals surface area contributed by atoms with Crippen LogP contribution in [0.3, 0.4) is 0 Å². The third kappa shape index (κ3) is 5.89. The highest BCUT2D eigenvalue weighted by atomic mass is 79.9. The Hall–Kier alpha value is -0.210. The second kappa shape index (κ2) is 9.13. The molecule has 0 saturated heterocycles. The van der Waals surface area contributed by atoms with Crippen LogP contribution in [0.5, 0.6) is 0 Å². The van der Waals surface area contributed by atoms with Crippen molar-refractivity contribution in [1.82, 2.24) is 4.72 Å². The predicted octanol–water partition coefficient (Wildman–Crippen LogP) is 5.30. The first-order valence-electron chi connectivity index (χ1n) is 7.72. The second-order valence-corrected chi connectivity index (χ2v) is 10.9. The summed E-state index contributed by atoms with van der Waals surface area (Å²) >= 11 is 10.3. The summed E-state index contributed by atoms with van der Waals surface area (Å²) in [6, 6.07) is 11.5. The largest absolute Gasteiger partial charge is 0.598 e. The molecule has 3 nitrogen and oxygen atoms in total. The van der Waals surface area contributed by atoms with Crippen LogP contribution in [-0.2, 0) is 24.5 Å². The molecule has 0 aromatic heterocycles. The van der Waals surface area contributed by atoms with E-state index in [1.165, 1.54) is 11.8 Å². The van der Waals surface area contributed by atoms with E-state index in [1.54, 1.807) is 0 Å². The third-order valence-corrected chi connectivity index (χ3v) is 7.08. The molecule has 0 bridgehead atoms. The molecule has 0 aliphatic heterocycles. The van der Waals surface area contributed by atoms with Gasteiger partial charge in [-0.2, -0.15) is 0 Å². The van der Waals surface area contributed by atoms with Crippen molar-refractivity contribution in [3.8, 4) is 0 Å². The number of hydrogen-bond acceptors (Lipinski definition) is 4. The first-order valence-corrected chi connectivity index (χ1v) is 10.9. The molecule has 2 rings (SSSR count). The van der Waals surface area contributed by atoms with E-state index in [0.29, 0.717) is 11.6 Å². The molecule has 0 amide bonds. The number of aliphatic hydroxyl groups is 1. The Labute approximate surface area is 170 Å². The van der Waals surface area contributed by atoms with Crippen LogP contribution >= 0.6 is 39.3 Å². The number of halogens is 2.